The van der Waals surface area contributed by atoms with E-state index >= 15 is 0 Å². The predicted octanol–water partition coefficient (Wildman–Crippen LogP) is 3.11. The van der Waals surface area contributed by atoms with Crippen molar-refractivity contribution in [2.75, 3.05) is 0 Å². The topological polar surface area (TPSA) is 82.3 Å². The van der Waals surface area contributed by atoms with Crippen molar-refractivity contribution in [2.24, 2.45) is 5.73 Å². The molecule has 1 aromatic heterocycles. The van der Waals surface area contributed by atoms with Crippen LogP contribution in [-0.2, 0) is 12.8 Å². The molecule has 0 saturated carbocycles. The molecule has 0 aliphatic heterocycles. The van der Waals surface area contributed by atoms with Gasteiger partial charge in [0, 0.05) is 0 Å². The summed E-state index contributed by atoms with van der Waals surface area (Å²) in [5.74, 6) is 0.154. The van der Waals surface area contributed by atoms with Gasteiger partial charge in [0.25, 0.3) is 0 Å². The molecule has 20 heavy (non-hydrogen) atoms. The van der Waals surface area contributed by atoms with Gasteiger partial charge in [-0.3, -0.25) is 10.1 Å². The van der Waals surface area contributed by atoms with Crippen molar-refractivity contribution >= 4 is 5.88 Å². The monoisotopic (exact) mass is 272 g/mol. The van der Waals surface area contributed by atoms with Crippen LogP contribution in [0.3, 0.4) is 0 Å². The number of nitrogens with zero attached hydrogens (tertiary/aromatic N) is 1. The van der Waals surface area contributed by atoms with E-state index in [-0.39, 0.29) is 5.88 Å². The van der Waals surface area contributed by atoms with Gasteiger partial charge < -0.3 is 10.2 Å². The number of nitrogens with two attached hydrogens (primary N) is 1. The summed E-state index contributed by atoms with van der Waals surface area (Å²) in [4.78, 5) is 10.1. The summed E-state index contributed by atoms with van der Waals surface area (Å²) in [6.45, 7) is 0. The van der Waals surface area contributed by atoms with Crippen molar-refractivity contribution in [3.8, 4) is 0 Å². The zero-order chi connectivity index (χ0) is 14.1. The second-order valence-corrected chi connectivity index (χ2v) is 5.15. The third-order valence-corrected chi connectivity index (χ3v) is 3.83. The quantitative estimate of drug-likeness (QED) is 0.687. The Kier molecular flexibility index (Phi) is 3.28. The number of rotatable bonds is 3. The predicted molar refractivity (Wildman–Crippen MR) is 74.5 cm³/mol. The highest BCUT2D eigenvalue weighted by atomic mass is 16.6. The fourth-order valence-corrected chi connectivity index (χ4v) is 2.72. The molecule has 5 nitrogen and oxygen atoms in total. The van der Waals surface area contributed by atoms with E-state index in [2.05, 4.69) is 12.1 Å². The van der Waals surface area contributed by atoms with Gasteiger partial charge in [0.05, 0.1) is 12.1 Å². The highest BCUT2D eigenvalue weighted by Gasteiger charge is 2.19. The van der Waals surface area contributed by atoms with Crippen LogP contribution in [0.1, 0.15) is 41.3 Å². The molecule has 2 aromatic rings. The lowest BCUT2D eigenvalue weighted by Crippen LogP contribution is -2.12. The second kappa shape index (κ2) is 5.09. The SMILES string of the molecule is NC(c1ccc2c(c1)CCCC2)c1ccc([N+](=O)[O-])o1. The molecule has 1 aromatic carbocycles. The van der Waals surface area contributed by atoms with Crippen molar-refractivity contribution in [1.82, 2.24) is 0 Å². The first-order valence-corrected chi connectivity index (χ1v) is 6.76. The summed E-state index contributed by atoms with van der Waals surface area (Å²) in [5, 5.41) is 10.6. The molecule has 1 atom stereocenters. The summed E-state index contributed by atoms with van der Waals surface area (Å²) in [6, 6.07) is 8.66. The van der Waals surface area contributed by atoms with Gasteiger partial charge in [-0.1, -0.05) is 18.2 Å². The van der Waals surface area contributed by atoms with E-state index in [0.717, 1.165) is 18.4 Å². The lowest BCUT2D eigenvalue weighted by Gasteiger charge is -2.18. The molecule has 1 unspecified atom stereocenters. The van der Waals surface area contributed by atoms with Gasteiger partial charge >= 0.3 is 5.88 Å². The maximum atomic E-state index is 10.6. The van der Waals surface area contributed by atoms with Crippen LogP contribution in [0, 0.1) is 10.1 Å². The molecule has 1 aliphatic rings. The normalized spacial score (nSPS) is 15.7. The summed E-state index contributed by atoms with van der Waals surface area (Å²) in [5.41, 5.74) is 9.81. The minimum absolute atomic E-state index is 0.270. The van der Waals surface area contributed by atoms with E-state index in [1.54, 1.807) is 6.07 Å². The molecule has 0 bridgehead atoms. The van der Waals surface area contributed by atoms with Crippen LogP contribution in [0.4, 0.5) is 5.88 Å². The molecular weight excluding hydrogens is 256 g/mol. The Morgan fingerprint density at radius 1 is 1.15 bits per heavy atom. The van der Waals surface area contributed by atoms with Crippen LogP contribution in [0.25, 0.3) is 0 Å². The van der Waals surface area contributed by atoms with Gasteiger partial charge in [-0.2, -0.15) is 0 Å². The minimum Gasteiger partial charge on any atom is -0.404 e. The number of hydrogen-bond acceptors (Lipinski definition) is 4. The van der Waals surface area contributed by atoms with Gasteiger partial charge in [0.15, 0.2) is 0 Å². The molecule has 1 aliphatic carbocycles. The molecular formula is C15H16N2O3. The Morgan fingerprint density at radius 2 is 1.90 bits per heavy atom. The largest absolute Gasteiger partial charge is 0.433 e. The maximum absolute atomic E-state index is 10.6. The third-order valence-electron chi connectivity index (χ3n) is 3.83. The Labute approximate surface area is 116 Å². The molecule has 0 saturated heterocycles. The fraction of sp³-hybridized carbons (Fsp3) is 0.333. The number of aryl methyl sites for hydroxylation is 2. The second-order valence-electron chi connectivity index (χ2n) is 5.15. The van der Waals surface area contributed by atoms with E-state index in [1.807, 2.05) is 6.07 Å². The molecule has 1 heterocycles. The van der Waals surface area contributed by atoms with Gasteiger partial charge in [-0.05, 0) is 48.4 Å². The van der Waals surface area contributed by atoms with Crippen LogP contribution in [0.2, 0.25) is 0 Å². The number of benzene rings is 1. The summed E-state index contributed by atoms with van der Waals surface area (Å²) in [7, 11) is 0. The van der Waals surface area contributed by atoms with Crippen molar-refractivity contribution in [2.45, 2.75) is 31.7 Å². The Balaban J connectivity index is 1.89. The van der Waals surface area contributed by atoms with Crippen molar-refractivity contribution < 1.29 is 9.34 Å². The highest BCUT2D eigenvalue weighted by molar-refractivity contribution is 5.38. The van der Waals surface area contributed by atoms with E-state index in [0.29, 0.717) is 5.76 Å². The molecule has 0 amide bonds. The smallest absolute Gasteiger partial charge is 0.404 e. The molecule has 3 rings (SSSR count). The number of furan rings is 1. The first-order valence-electron chi connectivity index (χ1n) is 6.76. The third kappa shape index (κ3) is 2.32. The molecule has 0 spiro atoms. The lowest BCUT2D eigenvalue weighted by atomic mass is 9.89. The highest BCUT2D eigenvalue weighted by Crippen LogP contribution is 2.28. The van der Waals surface area contributed by atoms with Crippen molar-refractivity contribution in [1.29, 1.82) is 0 Å². The van der Waals surface area contributed by atoms with Crippen LogP contribution in [0.15, 0.2) is 34.7 Å². The van der Waals surface area contributed by atoms with Crippen molar-refractivity contribution in [3.05, 3.63) is 62.9 Å². The maximum Gasteiger partial charge on any atom is 0.433 e. The van der Waals surface area contributed by atoms with Crippen LogP contribution in [-0.4, -0.2) is 4.92 Å². The number of hydrogen-bond donors (Lipinski definition) is 1. The van der Waals surface area contributed by atoms with Crippen molar-refractivity contribution in [3.63, 3.8) is 0 Å². The Bertz CT molecular complexity index is 648. The molecule has 5 heteroatoms. The van der Waals surface area contributed by atoms with E-state index in [9.17, 15) is 10.1 Å². The number of fused-ring (bicyclic) bond motifs is 1. The van der Waals surface area contributed by atoms with E-state index in [4.69, 9.17) is 10.2 Å². The summed E-state index contributed by atoms with van der Waals surface area (Å²) in [6.07, 6.45) is 4.64. The zero-order valence-corrected chi connectivity index (χ0v) is 11.0. The molecule has 0 radical (unpaired) electrons. The first kappa shape index (κ1) is 12.9. The fourth-order valence-electron chi connectivity index (χ4n) is 2.72. The minimum atomic E-state index is -0.553. The Hall–Kier alpha value is -2.14. The zero-order valence-electron chi connectivity index (χ0n) is 11.0. The standard InChI is InChI=1S/C15H16N2O3/c16-15(13-7-8-14(20-13)17(18)19)12-6-5-10-3-1-2-4-11(10)9-12/h5-9,15H,1-4,16H2. The molecule has 2 N–H and O–H groups in total. The Morgan fingerprint density at radius 3 is 2.60 bits per heavy atom. The van der Waals surface area contributed by atoms with Gasteiger partial charge in [0.1, 0.15) is 10.7 Å². The average molecular weight is 272 g/mol. The van der Waals surface area contributed by atoms with Gasteiger partial charge in [-0.15, -0.1) is 0 Å². The summed E-state index contributed by atoms with van der Waals surface area (Å²) >= 11 is 0. The number of nitro groups is 1. The van der Waals surface area contributed by atoms with Crippen LogP contribution >= 0.6 is 0 Å². The lowest BCUT2D eigenvalue weighted by molar-refractivity contribution is -0.402. The molecule has 0 fully saturated rings. The van der Waals surface area contributed by atoms with Crippen LogP contribution in [0.5, 0.6) is 0 Å². The van der Waals surface area contributed by atoms with E-state index < -0.39 is 11.0 Å². The first-order chi connectivity index (χ1) is 9.65. The van der Waals surface area contributed by atoms with Gasteiger partial charge in [-0.25, -0.2) is 0 Å². The molecule has 104 valence electrons. The van der Waals surface area contributed by atoms with Gasteiger partial charge in [0.2, 0.25) is 0 Å². The summed E-state index contributed by atoms with van der Waals surface area (Å²) < 4.78 is 5.18. The van der Waals surface area contributed by atoms with E-state index in [1.165, 1.54) is 30.0 Å². The van der Waals surface area contributed by atoms with Crippen LogP contribution < -0.4 is 5.73 Å². The average Bonchev–Trinajstić information content (AvgIpc) is 2.96.